The van der Waals surface area contributed by atoms with Crippen molar-refractivity contribution >= 4 is 5.78 Å². The highest BCUT2D eigenvalue weighted by Crippen LogP contribution is 2.75. The Bertz CT molecular complexity index is 889. The average Bonchev–Trinajstić information content (AvgIpc) is 2.73. The summed E-state index contributed by atoms with van der Waals surface area (Å²) in [7, 11) is 0. The second kappa shape index (κ2) is 6.96. The van der Waals surface area contributed by atoms with E-state index < -0.39 is 11.5 Å². The predicted molar refractivity (Wildman–Crippen MR) is 133 cm³/mol. The lowest BCUT2D eigenvalue weighted by molar-refractivity contribution is -0.214. The summed E-state index contributed by atoms with van der Waals surface area (Å²) in [5.41, 5.74) is 1.58. The van der Waals surface area contributed by atoms with Gasteiger partial charge in [-0.25, -0.2) is 0 Å². The van der Waals surface area contributed by atoms with Gasteiger partial charge in [0.05, 0.1) is 12.7 Å². The molecule has 0 saturated heterocycles. The Balaban J connectivity index is 1.59. The van der Waals surface area contributed by atoms with Gasteiger partial charge in [-0.1, -0.05) is 60.1 Å². The summed E-state index contributed by atoms with van der Waals surface area (Å²) in [6.07, 6.45) is 11.4. The number of ketones is 1. The number of hydrogen-bond donors (Lipinski definition) is 2. The molecular weight excluding hydrogens is 408 g/mol. The molecule has 0 bridgehead atoms. The summed E-state index contributed by atoms with van der Waals surface area (Å²) >= 11 is 0. The van der Waals surface area contributed by atoms with Crippen LogP contribution in [0, 0.1) is 50.2 Å². The topological polar surface area (TPSA) is 57.5 Å². The van der Waals surface area contributed by atoms with Crippen molar-refractivity contribution in [2.75, 3.05) is 6.61 Å². The molecule has 0 radical (unpaired) electrons. The molecular formula is C30H48O3. The first-order valence-corrected chi connectivity index (χ1v) is 13.7. The number of hydrogen-bond acceptors (Lipinski definition) is 3. The SMILES string of the molecule is CC1(C)CC(=O)[C@]2(C)CC[C@]3(C)C(=CC[C@@H]4[C@@]5(C)CC[C@H](O)C(C)(CO)C5CC[C@]43C)[C@H]2C1. The zero-order valence-electron chi connectivity index (χ0n) is 22.3. The second-order valence-corrected chi connectivity index (χ2v) is 15.0. The van der Waals surface area contributed by atoms with Crippen molar-refractivity contribution in [3.63, 3.8) is 0 Å². The van der Waals surface area contributed by atoms with Crippen LogP contribution in [0.3, 0.4) is 0 Å². The highest BCUT2D eigenvalue weighted by molar-refractivity contribution is 5.87. The Morgan fingerprint density at radius 2 is 1.64 bits per heavy atom. The van der Waals surface area contributed by atoms with E-state index in [2.05, 4.69) is 54.5 Å². The van der Waals surface area contributed by atoms with Crippen LogP contribution in [0.5, 0.6) is 0 Å². The van der Waals surface area contributed by atoms with E-state index in [0.717, 1.165) is 57.8 Å². The molecule has 4 saturated carbocycles. The van der Waals surface area contributed by atoms with Crippen LogP contribution < -0.4 is 0 Å². The third-order valence-electron chi connectivity index (χ3n) is 13.0. The monoisotopic (exact) mass is 456 g/mol. The van der Waals surface area contributed by atoms with E-state index in [1.165, 1.54) is 0 Å². The molecule has 186 valence electrons. The maximum Gasteiger partial charge on any atom is 0.139 e. The van der Waals surface area contributed by atoms with Crippen molar-refractivity contribution in [1.29, 1.82) is 0 Å². The molecule has 4 fully saturated rings. The minimum Gasteiger partial charge on any atom is -0.396 e. The summed E-state index contributed by atoms with van der Waals surface area (Å²) in [6, 6.07) is 0. The van der Waals surface area contributed by atoms with Gasteiger partial charge >= 0.3 is 0 Å². The zero-order chi connectivity index (χ0) is 24.2. The van der Waals surface area contributed by atoms with Crippen molar-refractivity contribution in [2.24, 2.45) is 50.2 Å². The Morgan fingerprint density at radius 3 is 2.30 bits per heavy atom. The lowest BCUT2D eigenvalue weighted by Crippen LogP contribution is -2.65. The smallest absolute Gasteiger partial charge is 0.139 e. The van der Waals surface area contributed by atoms with Crippen molar-refractivity contribution < 1.29 is 15.0 Å². The van der Waals surface area contributed by atoms with E-state index in [4.69, 9.17) is 0 Å². The van der Waals surface area contributed by atoms with Gasteiger partial charge in [-0.05, 0) is 90.8 Å². The predicted octanol–water partition coefficient (Wildman–Crippen LogP) is 6.32. The fourth-order valence-corrected chi connectivity index (χ4v) is 10.5. The number of allylic oxidation sites excluding steroid dienone is 2. The van der Waals surface area contributed by atoms with E-state index in [9.17, 15) is 15.0 Å². The molecule has 2 N–H and O–H groups in total. The van der Waals surface area contributed by atoms with E-state index in [1.54, 1.807) is 5.57 Å². The molecule has 0 aromatic carbocycles. The molecule has 5 rings (SSSR count). The van der Waals surface area contributed by atoms with Gasteiger partial charge in [-0.2, -0.15) is 0 Å². The molecule has 5 aliphatic carbocycles. The number of aliphatic hydroxyl groups excluding tert-OH is 2. The second-order valence-electron chi connectivity index (χ2n) is 15.0. The summed E-state index contributed by atoms with van der Waals surface area (Å²) in [5.74, 6) is 1.80. The molecule has 0 spiro atoms. The molecule has 0 aliphatic heterocycles. The summed E-state index contributed by atoms with van der Waals surface area (Å²) in [6.45, 7) is 16.7. The average molecular weight is 457 g/mol. The van der Waals surface area contributed by atoms with Gasteiger partial charge in [0.1, 0.15) is 5.78 Å². The molecule has 0 amide bonds. The molecule has 9 atom stereocenters. The molecule has 2 unspecified atom stereocenters. The van der Waals surface area contributed by atoms with Crippen LogP contribution in [0.1, 0.15) is 106 Å². The number of fused-ring (bicyclic) bond motifs is 7. The largest absolute Gasteiger partial charge is 0.396 e. The maximum atomic E-state index is 13.4. The summed E-state index contributed by atoms with van der Waals surface area (Å²) < 4.78 is 0. The van der Waals surface area contributed by atoms with Crippen LogP contribution in [0.15, 0.2) is 11.6 Å². The van der Waals surface area contributed by atoms with E-state index >= 15 is 0 Å². The first kappa shape index (κ1) is 24.0. The van der Waals surface area contributed by atoms with Gasteiger partial charge in [-0.15, -0.1) is 0 Å². The fraction of sp³-hybridized carbons (Fsp3) is 0.900. The maximum absolute atomic E-state index is 13.4. The van der Waals surface area contributed by atoms with Gasteiger partial charge in [0.2, 0.25) is 0 Å². The highest BCUT2D eigenvalue weighted by atomic mass is 16.3. The lowest BCUT2D eigenvalue weighted by Gasteiger charge is -2.71. The first-order valence-electron chi connectivity index (χ1n) is 13.7. The standard InChI is InChI=1S/C30H48O3/c1-25(2)16-20-19-8-9-22-27(4)12-11-23(32)28(5,18-31)21(27)10-13-30(22,7)29(19,6)15-14-26(20,3)24(33)17-25/h8,20-23,31-32H,9-18H2,1-7H3/t20-,21?,22-,23+,26-,27+,28?,29-,30-/m1/s1. The molecule has 0 heterocycles. The van der Waals surface area contributed by atoms with Gasteiger partial charge < -0.3 is 10.2 Å². The first-order chi connectivity index (χ1) is 15.2. The number of aliphatic hydroxyl groups is 2. The van der Waals surface area contributed by atoms with Gasteiger partial charge in [0.15, 0.2) is 0 Å². The molecule has 5 aliphatic rings. The Kier molecular flexibility index (Phi) is 5.07. The number of carbonyl (C=O) groups is 1. The molecule has 33 heavy (non-hydrogen) atoms. The van der Waals surface area contributed by atoms with Crippen LogP contribution >= 0.6 is 0 Å². The van der Waals surface area contributed by atoms with Crippen molar-refractivity contribution in [1.82, 2.24) is 0 Å². The fourth-order valence-electron chi connectivity index (χ4n) is 10.5. The van der Waals surface area contributed by atoms with Crippen LogP contribution in [0.2, 0.25) is 0 Å². The molecule has 0 aromatic rings. The highest BCUT2D eigenvalue weighted by Gasteiger charge is 2.69. The summed E-state index contributed by atoms with van der Waals surface area (Å²) in [4.78, 5) is 13.4. The Hall–Kier alpha value is -0.670. The molecule has 0 aromatic heterocycles. The van der Waals surface area contributed by atoms with Crippen molar-refractivity contribution in [3.8, 4) is 0 Å². The third-order valence-corrected chi connectivity index (χ3v) is 13.0. The normalized spacial score (nSPS) is 55.5. The van der Waals surface area contributed by atoms with Gasteiger partial charge in [-0.3, -0.25) is 4.79 Å². The Morgan fingerprint density at radius 1 is 0.939 bits per heavy atom. The van der Waals surface area contributed by atoms with Crippen molar-refractivity contribution in [3.05, 3.63) is 11.6 Å². The van der Waals surface area contributed by atoms with E-state index in [-0.39, 0.29) is 33.7 Å². The van der Waals surface area contributed by atoms with Crippen LogP contribution in [0.25, 0.3) is 0 Å². The minimum atomic E-state index is -0.402. The number of rotatable bonds is 1. The van der Waals surface area contributed by atoms with Crippen LogP contribution in [-0.2, 0) is 4.79 Å². The van der Waals surface area contributed by atoms with Crippen LogP contribution in [0.4, 0.5) is 0 Å². The van der Waals surface area contributed by atoms with E-state index in [0.29, 0.717) is 23.5 Å². The zero-order valence-corrected chi connectivity index (χ0v) is 22.3. The lowest BCUT2D eigenvalue weighted by atomic mass is 9.33. The van der Waals surface area contributed by atoms with Gasteiger partial charge in [0.25, 0.3) is 0 Å². The van der Waals surface area contributed by atoms with Gasteiger partial charge in [0, 0.05) is 17.3 Å². The van der Waals surface area contributed by atoms with Crippen molar-refractivity contribution in [2.45, 2.75) is 112 Å². The molecule has 3 nitrogen and oxygen atoms in total. The summed E-state index contributed by atoms with van der Waals surface area (Å²) in [5, 5.41) is 21.3. The molecule has 3 heteroatoms. The minimum absolute atomic E-state index is 0.0772. The Labute approximate surface area is 201 Å². The number of Topliss-reactive ketones (excluding diaryl/α,β-unsaturated/α-hetero) is 1. The quantitative estimate of drug-likeness (QED) is 0.454. The van der Waals surface area contributed by atoms with Crippen LogP contribution in [-0.4, -0.2) is 28.7 Å². The third kappa shape index (κ3) is 2.85. The number of carbonyl (C=O) groups excluding carboxylic acids is 1. The van der Waals surface area contributed by atoms with E-state index in [1.807, 2.05) is 0 Å².